The molecule has 53 heavy (non-hydrogen) atoms. The van der Waals surface area contributed by atoms with E-state index < -0.39 is 20.9 Å². The lowest BCUT2D eigenvalue weighted by Crippen LogP contribution is -2.47. The van der Waals surface area contributed by atoms with E-state index in [1.807, 2.05) is 94.4 Å². The molecule has 2 aromatic heterocycles. The van der Waals surface area contributed by atoms with Gasteiger partial charge in [0.05, 0.1) is 16.9 Å². The molecule has 1 saturated heterocycles. The van der Waals surface area contributed by atoms with Gasteiger partial charge in [0.2, 0.25) is 21.9 Å². The third kappa shape index (κ3) is 8.52. The summed E-state index contributed by atoms with van der Waals surface area (Å²) in [6.07, 6.45) is 4.67. The number of anilines is 2. The lowest BCUT2D eigenvalue weighted by Gasteiger charge is -2.34. The molecule has 3 heterocycles. The van der Waals surface area contributed by atoms with Crippen LogP contribution in [-0.2, 0) is 19.5 Å². The molecule has 1 aliphatic rings. The molecule has 0 aliphatic carbocycles. The highest BCUT2D eigenvalue weighted by Gasteiger charge is 2.32. The van der Waals surface area contributed by atoms with Gasteiger partial charge >= 0.3 is 6.09 Å². The van der Waals surface area contributed by atoms with Crippen molar-refractivity contribution in [1.29, 1.82) is 0 Å². The van der Waals surface area contributed by atoms with Crippen LogP contribution in [-0.4, -0.2) is 72.9 Å². The molecule has 0 spiro atoms. The number of pyridine rings is 1. The minimum absolute atomic E-state index is 0.0548. The van der Waals surface area contributed by atoms with Crippen LogP contribution in [0.1, 0.15) is 56.9 Å². The van der Waals surface area contributed by atoms with E-state index in [1.54, 1.807) is 36.4 Å². The van der Waals surface area contributed by atoms with E-state index in [0.717, 1.165) is 18.4 Å². The molecule has 5 aromatic rings. The fourth-order valence-corrected chi connectivity index (χ4v) is 7.94. The quantitative estimate of drug-likeness (QED) is 0.132. The molecule has 6 rings (SSSR count). The Morgan fingerprint density at radius 1 is 0.981 bits per heavy atom. The van der Waals surface area contributed by atoms with E-state index in [2.05, 4.69) is 15.3 Å². The minimum atomic E-state index is -3.91. The van der Waals surface area contributed by atoms with Gasteiger partial charge in [0, 0.05) is 49.4 Å². The molecule has 13 heteroatoms. The first-order valence-electron chi connectivity index (χ1n) is 17.6. The van der Waals surface area contributed by atoms with Gasteiger partial charge in [-0.15, -0.1) is 0 Å². The molecule has 278 valence electrons. The Hall–Kier alpha value is -5.27. The number of ether oxygens (including phenoxy) is 3. The zero-order valence-corrected chi connectivity index (χ0v) is 31.8. The SMILES string of the molecule is COCN(c1cccc2c(Oc3ncccc3-c3ccnc(N[C@@H]4CCCN(C(=O)OC(C)(C)C)C4)n3)c(C)ccc12)S(=O)(=O)[C@H](C)c1ccccc1. The number of methoxy groups -OCH3 is 1. The minimum Gasteiger partial charge on any atom is -0.444 e. The van der Waals surface area contributed by atoms with Crippen molar-refractivity contribution in [2.45, 2.75) is 64.4 Å². The van der Waals surface area contributed by atoms with Gasteiger partial charge in [-0.05, 0) is 82.9 Å². The first kappa shape index (κ1) is 37.5. The highest BCUT2D eigenvalue weighted by Crippen LogP contribution is 2.41. The Morgan fingerprint density at radius 2 is 1.77 bits per heavy atom. The van der Waals surface area contributed by atoms with Gasteiger partial charge in [0.15, 0.2) is 0 Å². The van der Waals surface area contributed by atoms with Gasteiger partial charge < -0.3 is 24.4 Å². The summed E-state index contributed by atoms with van der Waals surface area (Å²) >= 11 is 0. The zero-order chi connectivity index (χ0) is 37.8. The van der Waals surface area contributed by atoms with E-state index in [4.69, 9.17) is 19.2 Å². The topological polar surface area (TPSA) is 136 Å². The lowest BCUT2D eigenvalue weighted by molar-refractivity contribution is 0.0206. The van der Waals surface area contributed by atoms with E-state index in [9.17, 15) is 13.2 Å². The van der Waals surface area contributed by atoms with Gasteiger partial charge in [-0.2, -0.15) is 0 Å². The summed E-state index contributed by atoms with van der Waals surface area (Å²) in [6, 6.07) is 23.8. The number of likely N-dealkylation sites (tertiary alicyclic amines) is 1. The van der Waals surface area contributed by atoms with Crippen LogP contribution in [0.3, 0.4) is 0 Å². The molecule has 3 aromatic carbocycles. The maximum Gasteiger partial charge on any atom is 0.410 e. The summed E-state index contributed by atoms with van der Waals surface area (Å²) < 4.78 is 47.2. The van der Waals surface area contributed by atoms with Crippen LogP contribution in [0, 0.1) is 6.92 Å². The summed E-state index contributed by atoms with van der Waals surface area (Å²) in [4.78, 5) is 28.3. The third-order valence-electron chi connectivity index (χ3n) is 9.03. The van der Waals surface area contributed by atoms with Crippen LogP contribution in [0.4, 0.5) is 16.4 Å². The first-order chi connectivity index (χ1) is 25.4. The Bertz CT molecular complexity index is 2180. The van der Waals surface area contributed by atoms with Crippen LogP contribution in [0.2, 0.25) is 0 Å². The average molecular weight is 739 g/mol. The van der Waals surface area contributed by atoms with Crippen molar-refractivity contribution in [3.8, 4) is 22.9 Å². The predicted octanol–water partition coefficient (Wildman–Crippen LogP) is 8.11. The number of nitrogens with one attached hydrogen (secondary N) is 1. The second-order valence-corrected chi connectivity index (χ2v) is 16.3. The van der Waals surface area contributed by atoms with Crippen molar-refractivity contribution in [2.75, 3.05) is 36.6 Å². The van der Waals surface area contributed by atoms with Crippen molar-refractivity contribution in [3.05, 3.63) is 102 Å². The van der Waals surface area contributed by atoms with Gasteiger partial charge in [-0.25, -0.2) is 32.5 Å². The fraction of sp³-hybridized carbons (Fsp3) is 0.350. The number of piperidine rings is 1. The number of aromatic nitrogens is 3. The molecule has 1 fully saturated rings. The van der Waals surface area contributed by atoms with E-state index in [1.165, 1.54) is 11.4 Å². The van der Waals surface area contributed by atoms with Gasteiger partial charge in [0.1, 0.15) is 23.3 Å². The van der Waals surface area contributed by atoms with Crippen LogP contribution < -0.4 is 14.4 Å². The number of amides is 1. The highest BCUT2D eigenvalue weighted by atomic mass is 32.2. The molecule has 12 nitrogen and oxygen atoms in total. The van der Waals surface area contributed by atoms with Crippen LogP contribution in [0.15, 0.2) is 91.3 Å². The fourth-order valence-electron chi connectivity index (χ4n) is 6.37. The van der Waals surface area contributed by atoms with Crippen LogP contribution >= 0.6 is 0 Å². The number of carbonyl (C=O) groups is 1. The Labute approximate surface area is 311 Å². The standard InChI is InChI=1S/C40H46N6O6S/c1-27-19-20-31-32(16-10-18-35(31)46(26-50-6)53(48,49)28(2)29-13-8-7-9-14-29)36(27)51-37-33(17-11-22-41-37)34-21-23-42-38(44-34)43-30-15-12-24-45(25-30)39(47)52-40(3,4)5/h7-11,13-14,16-23,28,30H,12,15,24-26H2,1-6H3,(H,42,43,44)/t28-,30-/m1/s1. The van der Waals surface area contributed by atoms with E-state index in [0.29, 0.717) is 63.9 Å². The number of rotatable bonds is 11. The molecule has 1 aliphatic heterocycles. The summed E-state index contributed by atoms with van der Waals surface area (Å²) in [7, 11) is -2.43. The summed E-state index contributed by atoms with van der Waals surface area (Å²) in [5, 5.41) is 3.96. The Morgan fingerprint density at radius 3 is 2.53 bits per heavy atom. The van der Waals surface area contributed by atoms with Crippen molar-refractivity contribution in [1.82, 2.24) is 19.9 Å². The predicted molar refractivity (Wildman–Crippen MR) is 207 cm³/mol. The molecular formula is C40H46N6O6S. The van der Waals surface area contributed by atoms with Gasteiger partial charge in [-0.1, -0.05) is 54.6 Å². The summed E-state index contributed by atoms with van der Waals surface area (Å²) in [5.41, 5.74) is 2.65. The second kappa shape index (κ2) is 15.8. The number of hydrogen-bond donors (Lipinski definition) is 1. The summed E-state index contributed by atoms with van der Waals surface area (Å²) in [6.45, 7) is 10.1. The molecule has 0 bridgehead atoms. The average Bonchev–Trinajstić information content (AvgIpc) is 3.14. The van der Waals surface area contributed by atoms with Crippen LogP contribution in [0.25, 0.3) is 22.0 Å². The Kier molecular flexibility index (Phi) is 11.2. The molecular weight excluding hydrogens is 693 g/mol. The molecule has 2 atom stereocenters. The lowest BCUT2D eigenvalue weighted by atomic mass is 10.0. The molecule has 0 unspecified atom stereocenters. The number of aryl methyl sites for hydroxylation is 1. The molecule has 0 radical (unpaired) electrons. The number of sulfonamides is 1. The van der Waals surface area contributed by atoms with Gasteiger partial charge in [-0.3, -0.25) is 0 Å². The molecule has 0 saturated carbocycles. The smallest absolute Gasteiger partial charge is 0.410 e. The molecule has 1 amide bonds. The van der Waals surface area contributed by atoms with Crippen molar-refractivity contribution >= 4 is 38.5 Å². The van der Waals surface area contributed by atoms with Crippen molar-refractivity contribution in [2.24, 2.45) is 0 Å². The zero-order valence-electron chi connectivity index (χ0n) is 30.9. The van der Waals surface area contributed by atoms with Crippen LogP contribution in [0.5, 0.6) is 11.6 Å². The largest absolute Gasteiger partial charge is 0.444 e. The maximum atomic E-state index is 14.1. The number of fused-ring (bicyclic) bond motifs is 1. The number of nitrogens with zero attached hydrogens (tertiary/aromatic N) is 5. The van der Waals surface area contributed by atoms with E-state index >= 15 is 0 Å². The third-order valence-corrected chi connectivity index (χ3v) is 11.1. The maximum absolute atomic E-state index is 14.1. The number of benzene rings is 3. The Balaban J connectivity index is 1.29. The highest BCUT2D eigenvalue weighted by molar-refractivity contribution is 7.93. The number of hydrogen-bond acceptors (Lipinski definition) is 10. The van der Waals surface area contributed by atoms with Gasteiger partial charge in [0.25, 0.3) is 0 Å². The second-order valence-electron chi connectivity index (χ2n) is 14.1. The monoisotopic (exact) mass is 738 g/mol. The number of carbonyl (C=O) groups excluding carboxylic acids is 1. The summed E-state index contributed by atoms with van der Waals surface area (Å²) in [5.74, 6) is 1.28. The van der Waals surface area contributed by atoms with Crippen molar-refractivity contribution < 1.29 is 27.4 Å². The molecule has 1 N–H and O–H groups in total. The first-order valence-corrected chi connectivity index (χ1v) is 19.1. The van der Waals surface area contributed by atoms with E-state index in [-0.39, 0.29) is 18.9 Å². The normalized spacial score (nSPS) is 15.5. The van der Waals surface area contributed by atoms with Crippen molar-refractivity contribution in [3.63, 3.8) is 0 Å².